The molecular formula is C47H62N2O6. The van der Waals surface area contributed by atoms with E-state index >= 15 is 0 Å². The number of piperidine rings is 2. The monoisotopic (exact) mass is 750 g/mol. The average Bonchev–Trinajstić information content (AvgIpc) is 3.83. The van der Waals surface area contributed by atoms with Crippen LogP contribution in [0.5, 0.6) is 11.5 Å². The second-order valence-corrected chi connectivity index (χ2v) is 20.6. The highest BCUT2D eigenvalue weighted by Gasteiger charge is 2.82. The van der Waals surface area contributed by atoms with Gasteiger partial charge in [-0.15, -0.1) is 0 Å². The second kappa shape index (κ2) is 11.1. The van der Waals surface area contributed by atoms with Crippen LogP contribution < -0.4 is 9.47 Å². The molecule has 0 radical (unpaired) electrons. The maximum Gasteiger partial charge on any atom is 0.138 e. The SMILES string of the molecule is CO[C@]12CC[C@@]3(C[C@H]1CO)[C@H]1Cc4ccc(C)c5c4[C@@]3(CCN1C)C2O5.CO[C@]12CC[C@@]3(C[C@H]1CO)[C@H]1Cc4ccc(C)c5c4[C@@]3(CCN1CC1CC1)C2O5. The van der Waals surface area contributed by atoms with Crippen molar-refractivity contribution in [1.29, 1.82) is 0 Å². The van der Waals surface area contributed by atoms with Crippen molar-refractivity contribution in [2.45, 2.75) is 137 Å². The van der Waals surface area contributed by atoms with Gasteiger partial charge in [0, 0.05) is 90.7 Å². The first-order valence-corrected chi connectivity index (χ1v) is 22.0. The summed E-state index contributed by atoms with van der Waals surface area (Å²) in [6.07, 6.45) is 14.2. The van der Waals surface area contributed by atoms with Gasteiger partial charge in [-0.05, 0) is 139 Å². The van der Waals surface area contributed by atoms with Crippen LogP contribution in [0.25, 0.3) is 0 Å². The van der Waals surface area contributed by atoms with Crippen molar-refractivity contribution in [3.63, 3.8) is 0 Å². The van der Waals surface area contributed by atoms with Gasteiger partial charge < -0.3 is 34.1 Å². The molecule has 9 aliphatic carbocycles. The summed E-state index contributed by atoms with van der Waals surface area (Å²) < 4.78 is 26.4. The number of hydrogen-bond acceptors (Lipinski definition) is 8. The summed E-state index contributed by atoms with van der Waals surface area (Å²) in [7, 11) is 6.01. The number of rotatable bonds is 6. The van der Waals surface area contributed by atoms with Gasteiger partial charge in [-0.3, -0.25) is 4.90 Å². The Morgan fingerprint density at radius 1 is 0.691 bits per heavy atom. The minimum atomic E-state index is -0.350. The predicted octanol–water partition coefficient (Wildman–Crippen LogP) is 5.64. The molecular weight excluding hydrogens is 689 g/mol. The van der Waals surface area contributed by atoms with Crippen molar-refractivity contribution in [3.05, 3.63) is 57.6 Å². The van der Waals surface area contributed by atoms with Crippen LogP contribution in [0.2, 0.25) is 0 Å². The Kier molecular flexibility index (Phi) is 7.02. The highest BCUT2D eigenvalue weighted by atomic mass is 16.6. The Labute approximate surface area is 327 Å². The fourth-order valence-corrected chi connectivity index (χ4v) is 17.1. The molecule has 8 heteroatoms. The first-order valence-electron chi connectivity index (χ1n) is 22.0. The van der Waals surface area contributed by atoms with Gasteiger partial charge in [0.2, 0.25) is 0 Å². The lowest BCUT2D eigenvalue weighted by Crippen LogP contribution is -2.81. The van der Waals surface area contributed by atoms with Crippen LogP contribution in [-0.4, -0.2) is 110 Å². The van der Waals surface area contributed by atoms with Gasteiger partial charge in [-0.25, -0.2) is 0 Å². The zero-order chi connectivity index (χ0) is 37.5. The molecule has 4 aliphatic heterocycles. The first-order chi connectivity index (χ1) is 26.6. The van der Waals surface area contributed by atoms with Gasteiger partial charge in [-0.1, -0.05) is 24.3 Å². The maximum atomic E-state index is 10.5. The molecule has 0 aromatic heterocycles. The molecule has 2 saturated heterocycles. The number of ether oxygens (including phenoxy) is 4. The Balaban J connectivity index is 0.000000123. The third-order valence-electron chi connectivity index (χ3n) is 19.4. The van der Waals surface area contributed by atoms with E-state index in [0.717, 1.165) is 68.9 Å². The number of aliphatic hydroxyl groups excluding tert-OH is 2. The minimum absolute atomic E-state index is 0.0472. The fourth-order valence-electron chi connectivity index (χ4n) is 17.1. The smallest absolute Gasteiger partial charge is 0.138 e. The Morgan fingerprint density at radius 3 is 1.71 bits per heavy atom. The molecule has 4 spiro atoms. The zero-order valence-electron chi connectivity index (χ0n) is 33.8. The average molecular weight is 751 g/mol. The molecule has 4 heterocycles. The van der Waals surface area contributed by atoms with Crippen molar-refractivity contribution >= 4 is 0 Å². The number of fused-ring (bicyclic) bond motifs is 4. The number of likely N-dealkylation sites (N-methyl/N-ethyl adjacent to an activating group) is 1. The lowest BCUT2D eigenvalue weighted by Gasteiger charge is -2.73. The Morgan fingerprint density at radius 2 is 1.20 bits per heavy atom. The van der Waals surface area contributed by atoms with E-state index in [1.54, 1.807) is 5.56 Å². The number of aryl methyl sites for hydroxylation is 2. The van der Waals surface area contributed by atoms with Crippen LogP contribution >= 0.6 is 0 Å². The molecule has 7 saturated carbocycles. The molecule has 2 aromatic carbocycles. The normalized spacial score (nSPS) is 47.0. The van der Waals surface area contributed by atoms with Crippen molar-refractivity contribution in [2.75, 3.05) is 54.1 Å². The molecule has 8 bridgehead atoms. The van der Waals surface area contributed by atoms with Crippen LogP contribution in [0.15, 0.2) is 24.3 Å². The quantitative estimate of drug-likeness (QED) is 0.393. The first kappa shape index (κ1) is 34.8. The lowest BCUT2D eigenvalue weighted by molar-refractivity contribution is -0.281. The number of methoxy groups -OCH3 is 2. The van der Waals surface area contributed by atoms with E-state index in [1.165, 1.54) is 73.0 Å². The standard InChI is InChI=1S/C25H33NO3.C22H29NO3/c1-15-3-6-17-11-19-23-7-8-25(28-2,18(12-23)14-27)22-24(23,20(17)21(15)29-22)9-10-26(19)13-16-4-5-16;1-13-4-5-14-10-16-20-6-7-22(25-3,15(11-20)12-24)19-21(20,8-9-23(16)2)17(14)18(13)26-19/h3,6,16,18-19,22,27H,4-5,7-14H2,1-2H3;4-5,15-16,19,24H,6-12H2,1-3H3/t18-,19+,22?,23+,24-,25+;15-,16+,19?,20+,21-,22+/m00/s1. The molecule has 2 N–H and O–H groups in total. The van der Waals surface area contributed by atoms with E-state index in [2.05, 4.69) is 55.0 Å². The second-order valence-electron chi connectivity index (χ2n) is 20.6. The third-order valence-corrected chi connectivity index (χ3v) is 19.4. The van der Waals surface area contributed by atoms with E-state index < -0.39 is 0 Å². The summed E-state index contributed by atoms with van der Waals surface area (Å²) in [6.45, 7) is 8.40. The summed E-state index contributed by atoms with van der Waals surface area (Å²) in [4.78, 5) is 5.46. The van der Waals surface area contributed by atoms with Gasteiger partial charge >= 0.3 is 0 Å². The van der Waals surface area contributed by atoms with Crippen LogP contribution in [0.4, 0.5) is 0 Å². The van der Waals surface area contributed by atoms with Crippen LogP contribution in [-0.2, 0) is 33.1 Å². The Hall–Kier alpha value is -2.20. The lowest BCUT2D eigenvalue weighted by atomic mass is 9.35. The van der Waals surface area contributed by atoms with Crippen molar-refractivity contribution in [2.24, 2.45) is 28.6 Å². The van der Waals surface area contributed by atoms with E-state index in [1.807, 2.05) is 14.2 Å². The van der Waals surface area contributed by atoms with Crippen molar-refractivity contribution in [3.8, 4) is 11.5 Å². The largest absolute Gasteiger partial charge is 0.486 e. The van der Waals surface area contributed by atoms with Crippen molar-refractivity contribution in [1.82, 2.24) is 9.80 Å². The fraction of sp³-hybridized carbons (Fsp3) is 0.745. The van der Waals surface area contributed by atoms with Gasteiger partial charge in [0.1, 0.15) is 34.9 Å². The molecule has 55 heavy (non-hydrogen) atoms. The molecule has 2 aromatic rings. The predicted molar refractivity (Wildman–Crippen MR) is 209 cm³/mol. The Bertz CT molecular complexity index is 1980. The number of nitrogens with zero attached hydrogens (tertiary/aromatic N) is 2. The van der Waals surface area contributed by atoms with Crippen LogP contribution in [0.3, 0.4) is 0 Å². The summed E-state index contributed by atoms with van der Waals surface area (Å²) >= 11 is 0. The number of likely N-dealkylation sites (tertiary alicyclic amines) is 2. The number of hydrogen-bond donors (Lipinski definition) is 2. The molecule has 8 nitrogen and oxygen atoms in total. The van der Waals surface area contributed by atoms with Gasteiger partial charge in [0.05, 0.1) is 0 Å². The summed E-state index contributed by atoms with van der Waals surface area (Å²) in [5.41, 5.74) is 8.50. The highest BCUT2D eigenvalue weighted by molar-refractivity contribution is 5.62. The topological polar surface area (TPSA) is 83.9 Å². The van der Waals surface area contributed by atoms with Gasteiger partial charge in [0.15, 0.2) is 0 Å². The van der Waals surface area contributed by atoms with Gasteiger partial charge in [-0.2, -0.15) is 0 Å². The summed E-state index contributed by atoms with van der Waals surface area (Å²) in [6, 6.07) is 10.4. The molecule has 296 valence electrons. The molecule has 0 amide bonds. The third kappa shape index (κ3) is 3.68. The van der Waals surface area contributed by atoms with E-state index in [0.29, 0.717) is 12.1 Å². The van der Waals surface area contributed by atoms with Crippen LogP contribution in [0.1, 0.15) is 97.6 Å². The number of aliphatic hydroxyl groups is 2. The number of benzene rings is 2. The molecule has 12 atom stereocenters. The highest BCUT2D eigenvalue weighted by Crippen LogP contribution is 2.78. The maximum absolute atomic E-state index is 10.5. The zero-order valence-corrected chi connectivity index (χ0v) is 33.8. The molecule has 15 rings (SSSR count). The van der Waals surface area contributed by atoms with E-state index in [-0.39, 0.29) is 70.1 Å². The summed E-state index contributed by atoms with van der Waals surface area (Å²) in [5.74, 6) is 3.57. The molecule has 9 fully saturated rings. The minimum Gasteiger partial charge on any atom is -0.486 e. The molecule has 13 aliphatic rings. The van der Waals surface area contributed by atoms with E-state index in [9.17, 15) is 10.2 Å². The van der Waals surface area contributed by atoms with E-state index in [4.69, 9.17) is 18.9 Å². The summed E-state index contributed by atoms with van der Waals surface area (Å²) in [5, 5.41) is 20.8. The van der Waals surface area contributed by atoms with Crippen molar-refractivity contribution < 1.29 is 29.2 Å². The van der Waals surface area contributed by atoms with Gasteiger partial charge in [0.25, 0.3) is 0 Å². The molecule has 2 unspecified atom stereocenters. The van der Waals surface area contributed by atoms with Crippen LogP contribution in [0, 0.1) is 42.4 Å².